The Labute approximate surface area is 73.2 Å². The lowest BCUT2D eigenvalue weighted by atomic mass is 15.7. The summed E-state index contributed by atoms with van der Waals surface area (Å²) in [4.78, 5) is 65.9. The third kappa shape index (κ3) is 9.20. The highest BCUT2D eigenvalue weighted by atomic mass is 31.3. The summed E-state index contributed by atoms with van der Waals surface area (Å²) in [6, 6.07) is 0. The predicted molar refractivity (Wildman–Crippen MR) is 40.7 cm³/mol. The van der Waals surface area contributed by atoms with Gasteiger partial charge in [0.2, 0.25) is 0 Å². The summed E-state index contributed by atoms with van der Waals surface area (Å²) in [7, 11) is -15.1. The fourth-order valence-electron chi connectivity index (χ4n) is 0.300. The Bertz CT molecular complexity index is 142. The van der Waals surface area contributed by atoms with Crippen LogP contribution in [0.1, 0.15) is 0 Å². The molecular weight excluding hydrogens is 253 g/mol. The van der Waals surface area contributed by atoms with Crippen molar-refractivity contribution in [2.75, 3.05) is 0 Å². The summed E-state index contributed by atoms with van der Waals surface area (Å²) in [6.07, 6.45) is 0. The lowest BCUT2D eigenvalue weighted by Gasteiger charge is -2.04. The molecule has 0 aromatic heterocycles. The minimum atomic E-state index is -5.09. The first kappa shape index (κ1) is 13.9. The van der Waals surface area contributed by atoms with Crippen molar-refractivity contribution < 1.29 is 47.8 Å². The third-order valence-electron chi connectivity index (χ3n) is 0.432. The van der Waals surface area contributed by atoms with Crippen molar-refractivity contribution in [3.05, 3.63) is 0 Å². The van der Waals surface area contributed by atoms with Gasteiger partial charge in [-0.15, -0.1) is 0 Å². The monoisotopic (exact) mass is 261 g/mol. The highest BCUT2D eigenvalue weighted by molar-refractivity contribution is 7.73. The normalized spacial score (nSPS) is 14.8. The van der Waals surface area contributed by atoms with E-state index in [1.54, 1.807) is 0 Å². The zero-order chi connectivity index (χ0) is 10.9. The Morgan fingerprint density at radius 3 is 0.923 bits per heavy atom. The summed E-state index contributed by atoms with van der Waals surface area (Å²) in [6.45, 7) is 0. The van der Waals surface area contributed by atoms with Gasteiger partial charge in [0, 0.05) is 0 Å². The molecule has 0 rings (SSSR count). The fourth-order valence-corrected chi connectivity index (χ4v) is 2.97. The molecule has 8 N–H and O–H groups in total. The molecule has 0 aliphatic rings. The first-order chi connectivity index (χ1) is 5.41. The minimum absolute atomic E-state index is 3.33. The Balaban J connectivity index is 4.25. The Morgan fingerprint density at radius 2 is 0.769 bits per heavy atom. The van der Waals surface area contributed by atoms with Gasteiger partial charge in [-0.1, -0.05) is 0 Å². The standard InChI is InChI=1S/H8O10P3/c1-11(2,3)9-13(7,8)10-12(4,5)6/h1-8H/q+3. The predicted octanol–water partition coefficient (Wildman–Crippen LogP) is -2.01. The van der Waals surface area contributed by atoms with Crippen LogP contribution in [0, 0.1) is 0 Å². The zero-order valence-electron chi connectivity index (χ0n) is 5.74. The molecule has 13 heteroatoms. The molecule has 0 saturated heterocycles. The van der Waals surface area contributed by atoms with Crippen LogP contribution in [0.5, 0.6) is 0 Å². The van der Waals surface area contributed by atoms with Gasteiger partial charge in [0.05, 0.1) is 8.62 Å². The van der Waals surface area contributed by atoms with Crippen LogP contribution in [0.3, 0.4) is 0 Å². The Hall–Kier alpha value is 0.890. The topological polar surface area (TPSA) is 180 Å². The van der Waals surface area contributed by atoms with Crippen LogP contribution < -0.4 is 0 Å². The van der Waals surface area contributed by atoms with E-state index >= 15 is 0 Å². The van der Waals surface area contributed by atoms with Crippen molar-refractivity contribution in [2.45, 2.75) is 0 Å². The summed E-state index contributed by atoms with van der Waals surface area (Å²) in [5.41, 5.74) is 0. The van der Waals surface area contributed by atoms with Crippen LogP contribution >= 0.6 is 24.5 Å². The van der Waals surface area contributed by atoms with Crippen molar-refractivity contribution >= 4 is 24.5 Å². The van der Waals surface area contributed by atoms with E-state index in [0.29, 0.717) is 0 Å². The van der Waals surface area contributed by atoms with Gasteiger partial charge < -0.3 is 0 Å². The molecule has 13 heavy (non-hydrogen) atoms. The molecule has 10 nitrogen and oxygen atoms in total. The van der Waals surface area contributed by atoms with Crippen molar-refractivity contribution in [1.29, 1.82) is 0 Å². The molecule has 0 bridgehead atoms. The highest BCUT2D eigenvalue weighted by Crippen LogP contribution is 2.74. The van der Waals surface area contributed by atoms with Gasteiger partial charge in [0.25, 0.3) is 0 Å². The fraction of sp³-hybridized carbons (Fsp3) is 0. The average Bonchev–Trinajstić information content (AvgIpc) is 1.43. The van der Waals surface area contributed by atoms with E-state index in [0.717, 1.165) is 0 Å². The lowest BCUT2D eigenvalue weighted by molar-refractivity contribution is 0.149. The quantitative estimate of drug-likeness (QED) is 0.263. The van der Waals surface area contributed by atoms with Crippen molar-refractivity contribution in [3.8, 4) is 0 Å². The largest absolute Gasteiger partial charge is 0.667 e. The van der Waals surface area contributed by atoms with Gasteiger partial charge in [0.15, 0.2) is 0 Å². The smallest absolute Gasteiger partial charge is 0.165 e. The van der Waals surface area contributed by atoms with Crippen molar-refractivity contribution in [2.24, 2.45) is 0 Å². The second-order valence-electron chi connectivity index (χ2n) is 1.68. The molecule has 0 aromatic carbocycles. The summed E-state index contributed by atoms with van der Waals surface area (Å²) in [5.74, 6) is 0. The van der Waals surface area contributed by atoms with Gasteiger partial charge in [-0.05, 0) is 0 Å². The maximum absolute atomic E-state index is 8.50. The second kappa shape index (κ2) is 4.18. The van der Waals surface area contributed by atoms with E-state index in [2.05, 4.69) is 8.62 Å². The van der Waals surface area contributed by atoms with E-state index in [9.17, 15) is 0 Å². The molecular formula is H8O10P3+3. The van der Waals surface area contributed by atoms with Crippen LogP contribution in [0.25, 0.3) is 0 Å². The van der Waals surface area contributed by atoms with E-state index < -0.39 is 24.5 Å². The lowest BCUT2D eigenvalue weighted by Crippen LogP contribution is -2.04. The van der Waals surface area contributed by atoms with Gasteiger partial charge in [-0.25, -0.2) is 0 Å². The maximum Gasteiger partial charge on any atom is 0.667 e. The second-order valence-corrected chi connectivity index (χ2v) is 6.02. The van der Waals surface area contributed by atoms with Crippen LogP contribution in [-0.2, 0) is 8.62 Å². The number of hydrogen-bond donors (Lipinski definition) is 8. The molecule has 0 atom stereocenters. The van der Waals surface area contributed by atoms with Gasteiger partial charge in [-0.3, -0.25) is 0 Å². The number of rotatable bonds is 4. The van der Waals surface area contributed by atoms with Crippen molar-refractivity contribution in [1.82, 2.24) is 0 Å². The molecule has 0 unspecified atom stereocenters. The first-order valence-corrected chi connectivity index (χ1v) is 6.99. The third-order valence-corrected chi connectivity index (χ3v) is 3.89. The van der Waals surface area contributed by atoms with E-state index in [-0.39, 0.29) is 0 Å². The van der Waals surface area contributed by atoms with Crippen molar-refractivity contribution in [3.63, 3.8) is 0 Å². The molecule has 0 amide bonds. The van der Waals surface area contributed by atoms with Gasteiger partial charge in [0.1, 0.15) is 0 Å². The number of hydrogen-bond acceptors (Lipinski definition) is 10. The van der Waals surface area contributed by atoms with E-state index in [4.69, 9.17) is 39.1 Å². The molecule has 0 saturated carbocycles. The van der Waals surface area contributed by atoms with Crippen LogP contribution in [0.2, 0.25) is 0 Å². The average molecular weight is 261 g/mol. The molecule has 0 heterocycles. The van der Waals surface area contributed by atoms with Crippen LogP contribution in [-0.4, -0.2) is 39.1 Å². The van der Waals surface area contributed by atoms with Gasteiger partial charge in [-0.2, -0.15) is 39.1 Å². The molecule has 0 fully saturated rings. The Morgan fingerprint density at radius 1 is 0.538 bits per heavy atom. The molecule has 80 valence electrons. The maximum atomic E-state index is 8.50. The summed E-state index contributed by atoms with van der Waals surface area (Å²) >= 11 is 0. The molecule has 0 aromatic rings. The molecule has 0 aliphatic heterocycles. The summed E-state index contributed by atoms with van der Waals surface area (Å²) < 4.78 is 6.65. The zero-order valence-corrected chi connectivity index (χ0v) is 8.42. The van der Waals surface area contributed by atoms with Crippen LogP contribution in [0.4, 0.5) is 0 Å². The highest BCUT2D eigenvalue weighted by Gasteiger charge is 2.67. The van der Waals surface area contributed by atoms with Crippen LogP contribution in [0.15, 0.2) is 0 Å². The molecule has 0 aliphatic carbocycles. The first-order valence-electron chi connectivity index (χ1n) is 2.33. The van der Waals surface area contributed by atoms with E-state index in [1.807, 2.05) is 0 Å². The summed E-state index contributed by atoms with van der Waals surface area (Å²) in [5, 5.41) is 0. The minimum Gasteiger partial charge on any atom is -0.165 e. The Kier molecular flexibility index (Phi) is 4.46. The molecule has 0 radical (unpaired) electrons. The molecule has 0 spiro atoms. The van der Waals surface area contributed by atoms with Gasteiger partial charge >= 0.3 is 24.5 Å². The van der Waals surface area contributed by atoms with E-state index in [1.165, 1.54) is 0 Å². The SMILES string of the molecule is O[P+](O)(O)O[P+](O)(O)O[P+](O)(O)O.